The van der Waals surface area contributed by atoms with Gasteiger partial charge < -0.3 is 4.74 Å². The summed E-state index contributed by atoms with van der Waals surface area (Å²) < 4.78 is 5.27. The third-order valence-corrected chi connectivity index (χ3v) is 4.34. The number of carbonyl (C=O) groups is 1. The maximum Gasteiger partial charge on any atom is 0.333 e. The van der Waals surface area contributed by atoms with Gasteiger partial charge in [0, 0.05) is 5.57 Å². The van der Waals surface area contributed by atoms with Crippen LogP contribution < -0.4 is 0 Å². The smallest absolute Gasteiger partial charge is 0.333 e. The summed E-state index contributed by atoms with van der Waals surface area (Å²) in [4.78, 5) is 11.4. The van der Waals surface area contributed by atoms with Gasteiger partial charge in [-0.3, -0.25) is 0 Å². The number of hydrogen-bond donors (Lipinski definition) is 0. The van der Waals surface area contributed by atoms with E-state index in [-0.39, 0.29) is 11.4 Å². The summed E-state index contributed by atoms with van der Waals surface area (Å²) in [5, 5.41) is 0. The van der Waals surface area contributed by atoms with E-state index in [2.05, 4.69) is 48.1 Å². The van der Waals surface area contributed by atoms with Crippen molar-refractivity contribution in [3.8, 4) is 0 Å². The van der Waals surface area contributed by atoms with Crippen LogP contribution in [0.5, 0.6) is 0 Å². The third kappa shape index (κ3) is 3.86. The molecule has 0 N–H and O–H groups in total. The first-order valence-corrected chi connectivity index (χ1v) is 6.98. The van der Waals surface area contributed by atoms with E-state index in [0.29, 0.717) is 29.9 Å². The van der Waals surface area contributed by atoms with Crippen LogP contribution in [0.1, 0.15) is 54.9 Å². The lowest BCUT2D eigenvalue weighted by Gasteiger charge is -2.45. The van der Waals surface area contributed by atoms with Crippen molar-refractivity contribution >= 4 is 5.97 Å². The third-order valence-electron chi connectivity index (χ3n) is 4.34. The molecule has 0 bridgehead atoms. The summed E-state index contributed by atoms with van der Waals surface area (Å²) in [6.45, 7) is 19.4. The van der Waals surface area contributed by atoms with Gasteiger partial charge in [-0.15, -0.1) is 0 Å². The molecule has 0 rings (SSSR count). The Kier molecular flexibility index (Phi) is 6.66. The van der Waals surface area contributed by atoms with Crippen molar-refractivity contribution in [3.63, 3.8) is 0 Å². The molecule has 0 aromatic heterocycles. The second-order valence-corrected chi connectivity index (χ2v) is 6.24. The van der Waals surface area contributed by atoms with Gasteiger partial charge in [0.05, 0.1) is 6.61 Å². The first-order valence-electron chi connectivity index (χ1n) is 6.98. The molecule has 0 amide bonds. The van der Waals surface area contributed by atoms with Crippen molar-refractivity contribution in [2.24, 2.45) is 23.2 Å². The first kappa shape index (κ1) is 17.2. The molecule has 0 radical (unpaired) electrons. The highest BCUT2D eigenvalue weighted by atomic mass is 16.5. The highest BCUT2D eigenvalue weighted by molar-refractivity contribution is 5.86. The van der Waals surface area contributed by atoms with Gasteiger partial charge in [0.2, 0.25) is 0 Å². The predicted octanol–water partition coefficient (Wildman–Crippen LogP) is 4.45. The zero-order valence-corrected chi connectivity index (χ0v) is 13.2. The van der Waals surface area contributed by atoms with Crippen LogP contribution in [0.2, 0.25) is 0 Å². The van der Waals surface area contributed by atoms with Gasteiger partial charge in [-0.05, 0) is 36.5 Å². The molecule has 0 atom stereocenters. The quantitative estimate of drug-likeness (QED) is 0.495. The maximum atomic E-state index is 11.4. The van der Waals surface area contributed by atoms with Crippen molar-refractivity contribution in [2.75, 3.05) is 6.61 Å². The molecule has 0 heterocycles. The minimum absolute atomic E-state index is 0.218. The van der Waals surface area contributed by atoms with Crippen molar-refractivity contribution in [1.82, 2.24) is 0 Å². The summed E-state index contributed by atoms with van der Waals surface area (Å²) in [6.07, 6.45) is 0.916. The fourth-order valence-corrected chi connectivity index (χ4v) is 3.31. The molecule has 18 heavy (non-hydrogen) atoms. The zero-order valence-electron chi connectivity index (χ0n) is 13.2. The molecule has 0 saturated heterocycles. The van der Waals surface area contributed by atoms with E-state index in [1.807, 2.05) is 0 Å². The molecule has 0 spiro atoms. The van der Waals surface area contributed by atoms with E-state index < -0.39 is 0 Å². The second-order valence-electron chi connectivity index (χ2n) is 6.24. The highest BCUT2D eigenvalue weighted by Crippen LogP contribution is 2.45. The fraction of sp³-hybridized carbons (Fsp3) is 0.812. The number of hydrogen-bond acceptors (Lipinski definition) is 2. The van der Waals surface area contributed by atoms with E-state index in [1.54, 1.807) is 6.92 Å². The Labute approximate surface area is 113 Å². The fourth-order valence-electron chi connectivity index (χ4n) is 3.31. The lowest BCUT2D eigenvalue weighted by Crippen LogP contribution is -2.39. The maximum absolute atomic E-state index is 11.4. The molecule has 0 unspecified atom stereocenters. The molecule has 2 nitrogen and oxygen atoms in total. The van der Waals surface area contributed by atoms with Crippen LogP contribution in [0.25, 0.3) is 0 Å². The Morgan fingerprint density at radius 3 is 1.72 bits per heavy atom. The van der Waals surface area contributed by atoms with E-state index >= 15 is 0 Å². The number of carbonyl (C=O) groups excluding carboxylic acids is 1. The molecule has 0 aromatic rings. The van der Waals surface area contributed by atoms with Crippen molar-refractivity contribution < 1.29 is 9.53 Å². The number of ether oxygens (including phenoxy) is 1. The van der Waals surface area contributed by atoms with Crippen LogP contribution in [0.4, 0.5) is 0 Å². The topological polar surface area (TPSA) is 26.3 Å². The molecule has 0 aromatic carbocycles. The van der Waals surface area contributed by atoms with Crippen LogP contribution in [0.3, 0.4) is 0 Å². The predicted molar refractivity (Wildman–Crippen MR) is 77.3 cm³/mol. The molecule has 2 heteroatoms. The zero-order chi connectivity index (χ0) is 14.5. The Morgan fingerprint density at radius 1 is 1.06 bits per heavy atom. The molecular weight excluding hydrogens is 224 g/mol. The van der Waals surface area contributed by atoms with Crippen molar-refractivity contribution in [2.45, 2.75) is 54.9 Å². The molecule has 0 aliphatic rings. The molecule has 0 aliphatic carbocycles. The average molecular weight is 254 g/mol. The minimum atomic E-state index is -0.278. The summed E-state index contributed by atoms with van der Waals surface area (Å²) in [5.41, 5.74) is 0.689. The lowest BCUT2D eigenvalue weighted by atomic mass is 9.60. The number of rotatable bonds is 7. The summed E-state index contributed by atoms with van der Waals surface area (Å²) in [6, 6.07) is 0. The van der Waals surface area contributed by atoms with Crippen molar-refractivity contribution in [3.05, 3.63) is 12.2 Å². The van der Waals surface area contributed by atoms with E-state index in [9.17, 15) is 4.79 Å². The Hall–Kier alpha value is -0.790. The van der Waals surface area contributed by atoms with Gasteiger partial charge in [-0.2, -0.15) is 0 Å². The van der Waals surface area contributed by atoms with Gasteiger partial charge in [0.15, 0.2) is 0 Å². The van der Waals surface area contributed by atoms with Crippen LogP contribution in [-0.4, -0.2) is 12.6 Å². The van der Waals surface area contributed by atoms with Crippen LogP contribution in [-0.2, 0) is 9.53 Å². The van der Waals surface area contributed by atoms with Gasteiger partial charge >= 0.3 is 5.97 Å². The van der Waals surface area contributed by atoms with Gasteiger partial charge in [-0.1, -0.05) is 48.1 Å². The Morgan fingerprint density at radius 2 is 1.44 bits per heavy atom. The van der Waals surface area contributed by atoms with E-state index in [4.69, 9.17) is 4.74 Å². The van der Waals surface area contributed by atoms with Crippen molar-refractivity contribution in [1.29, 1.82) is 0 Å². The SMILES string of the molecule is C=C(C)C(=O)OCCC(C(C)C)(C(C)C)C(C)C. The number of esters is 1. The standard InChI is InChI=1S/C16H30O2/c1-11(2)15(17)18-10-9-16(12(3)4,13(5)6)14(7)8/h12-14H,1,9-10H2,2-8H3. The molecule has 0 aliphatic heterocycles. The largest absolute Gasteiger partial charge is 0.462 e. The van der Waals surface area contributed by atoms with Gasteiger partial charge in [-0.25, -0.2) is 4.79 Å². The highest BCUT2D eigenvalue weighted by Gasteiger charge is 2.39. The first-order chi connectivity index (χ1) is 8.16. The molecule has 0 saturated carbocycles. The molecule has 0 fully saturated rings. The van der Waals surface area contributed by atoms with Gasteiger partial charge in [0.1, 0.15) is 0 Å². The minimum Gasteiger partial charge on any atom is -0.462 e. The van der Waals surface area contributed by atoms with E-state index in [0.717, 1.165) is 6.42 Å². The summed E-state index contributed by atoms with van der Waals surface area (Å²) in [7, 11) is 0. The summed E-state index contributed by atoms with van der Waals surface area (Å²) in [5.74, 6) is 1.43. The van der Waals surface area contributed by atoms with E-state index in [1.165, 1.54) is 0 Å². The average Bonchev–Trinajstić information content (AvgIpc) is 2.21. The Balaban J connectivity index is 4.72. The normalized spacial score (nSPS) is 12.3. The Bertz CT molecular complexity index is 266. The molecular formula is C16H30O2. The van der Waals surface area contributed by atoms with Crippen LogP contribution >= 0.6 is 0 Å². The second kappa shape index (κ2) is 6.96. The van der Waals surface area contributed by atoms with Crippen LogP contribution in [0.15, 0.2) is 12.2 Å². The van der Waals surface area contributed by atoms with Gasteiger partial charge in [0.25, 0.3) is 0 Å². The lowest BCUT2D eigenvalue weighted by molar-refractivity contribution is -0.140. The van der Waals surface area contributed by atoms with Crippen LogP contribution in [0, 0.1) is 23.2 Å². The monoisotopic (exact) mass is 254 g/mol. The molecule has 106 valence electrons. The summed E-state index contributed by atoms with van der Waals surface area (Å²) >= 11 is 0.